The molecule has 0 radical (unpaired) electrons. The number of methoxy groups -OCH3 is 2. The minimum absolute atomic E-state index is 0.0183. The fourth-order valence-corrected chi connectivity index (χ4v) is 4.47. The Morgan fingerprint density at radius 1 is 0.732 bits per heavy atom. The van der Waals surface area contributed by atoms with Gasteiger partial charge in [-0.25, -0.2) is 9.59 Å². The van der Waals surface area contributed by atoms with E-state index in [1.165, 1.54) is 20.3 Å². The van der Waals surface area contributed by atoms with Gasteiger partial charge in [-0.2, -0.15) is 0 Å². The summed E-state index contributed by atoms with van der Waals surface area (Å²) in [5.74, 6) is 0.605. The molecule has 3 N–H and O–H groups in total. The molecule has 41 heavy (non-hydrogen) atoms. The zero-order valence-electron chi connectivity index (χ0n) is 23.4. The lowest BCUT2D eigenvalue weighted by Gasteiger charge is -2.23. The van der Waals surface area contributed by atoms with Gasteiger partial charge in [-0.3, -0.25) is 0 Å². The van der Waals surface area contributed by atoms with Crippen molar-refractivity contribution in [3.63, 3.8) is 0 Å². The molecule has 0 spiro atoms. The standard InChI is InChI=1S/C32H31ClN2O6/c1-32(2,3)23-8-6-7-9-27(23)41-29-14-11-20(19-10-13-26(39-4)22(16-19)30(36)37)17-24(29)34-31(38)35-25-18-21(33)12-15-28(25)40-5/h6-18H,1-5H3,(H,36,37)(H2,34,35,38). The number of carbonyl (C=O) groups is 2. The first-order valence-corrected chi connectivity index (χ1v) is 13.1. The number of hydrogen-bond donors (Lipinski definition) is 3. The molecule has 4 aromatic rings. The Morgan fingerprint density at radius 3 is 1.95 bits per heavy atom. The van der Waals surface area contributed by atoms with E-state index in [9.17, 15) is 14.7 Å². The third-order valence-corrected chi connectivity index (χ3v) is 6.55. The van der Waals surface area contributed by atoms with Crippen molar-refractivity contribution in [1.82, 2.24) is 0 Å². The van der Waals surface area contributed by atoms with Gasteiger partial charge in [-0.05, 0) is 65.1 Å². The molecule has 0 bridgehead atoms. The molecule has 0 aromatic heterocycles. The molecule has 8 nitrogen and oxygen atoms in total. The number of rotatable bonds is 8. The summed E-state index contributed by atoms with van der Waals surface area (Å²) < 4.78 is 16.9. The molecule has 4 aromatic carbocycles. The molecular weight excluding hydrogens is 544 g/mol. The van der Waals surface area contributed by atoms with Crippen LogP contribution < -0.4 is 24.8 Å². The summed E-state index contributed by atoms with van der Waals surface area (Å²) in [5, 5.41) is 15.7. The lowest BCUT2D eigenvalue weighted by atomic mass is 9.86. The molecule has 0 fully saturated rings. The van der Waals surface area contributed by atoms with Crippen molar-refractivity contribution < 1.29 is 28.9 Å². The van der Waals surface area contributed by atoms with Crippen LogP contribution in [0, 0.1) is 0 Å². The maximum absolute atomic E-state index is 13.2. The molecule has 0 aliphatic rings. The summed E-state index contributed by atoms with van der Waals surface area (Å²) in [6, 6.07) is 22.1. The molecule has 0 saturated heterocycles. The Balaban J connectivity index is 1.76. The van der Waals surface area contributed by atoms with E-state index in [-0.39, 0.29) is 16.7 Å². The molecule has 0 aliphatic carbocycles. The Kier molecular flexibility index (Phi) is 8.74. The molecule has 212 valence electrons. The number of hydrogen-bond acceptors (Lipinski definition) is 5. The summed E-state index contributed by atoms with van der Waals surface area (Å²) in [7, 11) is 2.91. The van der Waals surface area contributed by atoms with Crippen molar-refractivity contribution in [1.29, 1.82) is 0 Å². The smallest absolute Gasteiger partial charge is 0.339 e. The van der Waals surface area contributed by atoms with Crippen LogP contribution in [0.2, 0.25) is 5.02 Å². The molecule has 4 rings (SSSR count). The fraction of sp³-hybridized carbons (Fsp3) is 0.188. The van der Waals surface area contributed by atoms with Gasteiger partial charge in [0.2, 0.25) is 0 Å². The maximum atomic E-state index is 13.2. The number of para-hydroxylation sites is 1. The maximum Gasteiger partial charge on any atom is 0.339 e. The van der Waals surface area contributed by atoms with Gasteiger partial charge in [0.15, 0.2) is 5.75 Å². The fourth-order valence-electron chi connectivity index (χ4n) is 4.30. The second kappa shape index (κ2) is 12.2. The predicted molar refractivity (Wildman–Crippen MR) is 161 cm³/mol. The van der Waals surface area contributed by atoms with Crippen molar-refractivity contribution in [2.75, 3.05) is 24.9 Å². The average molecular weight is 575 g/mol. The van der Waals surface area contributed by atoms with Crippen LogP contribution in [0.1, 0.15) is 36.7 Å². The summed E-state index contributed by atoms with van der Waals surface area (Å²) in [6.45, 7) is 6.27. The van der Waals surface area contributed by atoms with Crippen LogP contribution in [-0.4, -0.2) is 31.3 Å². The summed E-state index contributed by atoms with van der Waals surface area (Å²) in [6.07, 6.45) is 0. The van der Waals surface area contributed by atoms with Crippen LogP contribution >= 0.6 is 11.6 Å². The topological polar surface area (TPSA) is 106 Å². The first kappa shape index (κ1) is 29.3. The lowest BCUT2D eigenvalue weighted by molar-refractivity contribution is 0.0693. The third-order valence-electron chi connectivity index (χ3n) is 6.32. The predicted octanol–water partition coefficient (Wildman–Crippen LogP) is 8.46. The number of anilines is 2. The number of carboxylic acids is 1. The zero-order valence-corrected chi connectivity index (χ0v) is 24.1. The van der Waals surface area contributed by atoms with E-state index in [1.54, 1.807) is 48.5 Å². The van der Waals surface area contributed by atoms with E-state index in [0.29, 0.717) is 44.8 Å². The summed E-state index contributed by atoms with van der Waals surface area (Å²) in [4.78, 5) is 25.0. The summed E-state index contributed by atoms with van der Waals surface area (Å²) in [5.41, 5.74) is 2.83. The Morgan fingerprint density at radius 2 is 1.32 bits per heavy atom. The van der Waals surface area contributed by atoms with Crippen LogP contribution in [0.3, 0.4) is 0 Å². The van der Waals surface area contributed by atoms with E-state index in [4.69, 9.17) is 25.8 Å². The quantitative estimate of drug-likeness (QED) is 0.195. The van der Waals surface area contributed by atoms with Crippen LogP contribution in [0.5, 0.6) is 23.0 Å². The van der Waals surface area contributed by atoms with Crippen molar-refractivity contribution in [3.8, 4) is 34.1 Å². The first-order valence-electron chi connectivity index (χ1n) is 12.7. The number of benzene rings is 4. The van der Waals surface area contributed by atoms with Gasteiger partial charge in [0.1, 0.15) is 22.8 Å². The van der Waals surface area contributed by atoms with Crippen molar-refractivity contribution in [2.24, 2.45) is 0 Å². The minimum Gasteiger partial charge on any atom is -0.496 e. The number of carboxylic acid groups (broad SMARTS) is 1. The number of aromatic carboxylic acids is 1. The molecule has 9 heteroatoms. The third kappa shape index (κ3) is 6.91. The van der Waals surface area contributed by atoms with E-state index < -0.39 is 12.0 Å². The van der Waals surface area contributed by atoms with Crippen molar-refractivity contribution in [2.45, 2.75) is 26.2 Å². The first-order chi connectivity index (χ1) is 19.5. The largest absolute Gasteiger partial charge is 0.496 e. The van der Waals surface area contributed by atoms with Crippen LogP contribution in [-0.2, 0) is 5.41 Å². The van der Waals surface area contributed by atoms with E-state index >= 15 is 0 Å². The second-order valence-electron chi connectivity index (χ2n) is 10.2. The highest BCUT2D eigenvalue weighted by molar-refractivity contribution is 6.31. The van der Waals surface area contributed by atoms with E-state index in [0.717, 1.165) is 5.56 Å². The summed E-state index contributed by atoms with van der Waals surface area (Å²) >= 11 is 6.13. The van der Waals surface area contributed by atoms with E-state index in [2.05, 4.69) is 31.4 Å². The molecule has 0 saturated carbocycles. The highest BCUT2D eigenvalue weighted by Crippen LogP contribution is 2.39. The Bertz CT molecular complexity index is 1600. The van der Waals surface area contributed by atoms with Gasteiger partial charge in [0, 0.05) is 10.6 Å². The molecule has 2 amide bonds. The van der Waals surface area contributed by atoms with Crippen LogP contribution in [0.15, 0.2) is 78.9 Å². The number of urea groups is 1. The van der Waals surface area contributed by atoms with Crippen LogP contribution in [0.25, 0.3) is 11.1 Å². The molecule has 0 heterocycles. The normalized spacial score (nSPS) is 11.0. The van der Waals surface area contributed by atoms with Gasteiger partial charge in [-0.1, -0.05) is 62.7 Å². The SMILES string of the molecule is COc1ccc(Cl)cc1NC(=O)Nc1cc(-c2ccc(OC)c(C(=O)O)c2)ccc1Oc1ccccc1C(C)(C)C. The number of nitrogens with one attached hydrogen (secondary N) is 2. The number of halogens is 1. The molecule has 0 unspecified atom stereocenters. The molecular formula is C32H31ClN2O6. The van der Waals surface area contributed by atoms with Gasteiger partial charge in [-0.15, -0.1) is 0 Å². The van der Waals surface area contributed by atoms with Gasteiger partial charge < -0.3 is 30.0 Å². The highest BCUT2D eigenvalue weighted by Gasteiger charge is 2.21. The van der Waals surface area contributed by atoms with Crippen LogP contribution in [0.4, 0.5) is 16.2 Å². The van der Waals surface area contributed by atoms with Crippen molar-refractivity contribution in [3.05, 3.63) is 95.0 Å². The lowest BCUT2D eigenvalue weighted by Crippen LogP contribution is -2.20. The number of amides is 2. The minimum atomic E-state index is -1.12. The molecule has 0 aliphatic heterocycles. The number of carbonyl (C=O) groups excluding carboxylic acids is 1. The average Bonchev–Trinajstić information content (AvgIpc) is 2.93. The van der Waals surface area contributed by atoms with Gasteiger partial charge >= 0.3 is 12.0 Å². The van der Waals surface area contributed by atoms with Gasteiger partial charge in [0.25, 0.3) is 0 Å². The van der Waals surface area contributed by atoms with Crippen molar-refractivity contribution >= 4 is 35.0 Å². The molecule has 0 atom stereocenters. The second-order valence-corrected chi connectivity index (χ2v) is 10.6. The monoisotopic (exact) mass is 574 g/mol. The Hall–Kier alpha value is -4.69. The zero-order chi connectivity index (χ0) is 29.7. The van der Waals surface area contributed by atoms with E-state index in [1.807, 2.05) is 24.3 Å². The highest BCUT2D eigenvalue weighted by atomic mass is 35.5. The van der Waals surface area contributed by atoms with Gasteiger partial charge in [0.05, 0.1) is 25.6 Å². The number of ether oxygens (including phenoxy) is 3. The Labute approximate surface area is 243 Å².